The number of methoxy groups -OCH3 is 2. The van der Waals surface area contributed by atoms with E-state index in [1.165, 1.54) is 5.56 Å². The maximum absolute atomic E-state index is 11.0. The Morgan fingerprint density at radius 1 is 1.35 bits per heavy atom. The highest BCUT2D eigenvalue weighted by atomic mass is 32.2. The fraction of sp³-hybridized carbons (Fsp3) is 0.600. The van der Waals surface area contributed by atoms with Crippen molar-refractivity contribution in [1.82, 2.24) is 5.32 Å². The Morgan fingerprint density at radius 3 is 2.70 bits per heavy atom. The first-order valence-electron chi connectivity index (χ1n) is 6.77. The molecule has 0 saturated heterocycles. The lowest BCUT2D eigenvalue weighted by molar-refractivity contribution is 0.181. The average molecular weight is 299 g/mol. The highest BCUT2D eigenvalue weighted by molar-refractivity contribution is 7.84. The molecular weight excluding hydrogens is 274 g/mol. The molecule has 1 aromatic rings. The summed E-state index contributed by atoms with van der Waals surface area (Å²) in [5, 5.41) is 3.44. The lowest BCUT2D eigenvalue weighted by Gasteiger charge is -2.16. The quantitative estimate of drug-likeness (QED) is 0.711. The third kappa shape index (κ3) is 5.61. The van der Waals surface area contributed by atoms with Crippen LogP contribution >= 0.6 is 0 Å². The van der Waals surface area contributed by atoms with E-state index in [-0.39, 0.29) is 6.04 Å². The molecule has 1 N–H and O–H groups in total. The second kappa shape index (κ2) is 9.10. The maximum atomic E-state index is 11.0. The van der Waals surface area contributed by atoms with Gasteiger partial charge in [-0.2, -0.15) is 0 Å². The number of benzene rings is 1. The smallest absolute Gasteiger partial charge is 0.124 e. The third-order valence-corrected chi connectivity index (χ3v) is 4.03. The van der Waals surface area contributed by atoms with Gasteiger partial charge in [0, 0.05) is 41.5 Å². The zero-order valence-corrected chi connectivity index (χ0v) is 13.6. The van der Waals surface area contributed by atoms with Crippen molar-refractivity contribution in [2.45, 2.75) is 26.0 Å². The van der Waals surface area contributed by atoms with Gasteiger partial charge in [0.1, 0.15) is 5.75 Å². The number of hydrogen-bond donors (Lipinski definition) is 1. The molecule has 0 heterocycles. The molecule has 4 nitrogen and oxygen atoms in total. The molecule has 0 aliphatic rings. The molecule has 1 aromatic carbocycles. The summed E-state index contributed by atoms with van der Waals surface area (Å²) in [7, 11) is 2.64. The zero-order valence-electron chi connectivity index (χ0n) is 12.8. The van der Waals surface area contributed by atoms with Gasteiger partial charge in [0.05, 0.1) is 13.7 Å². The van der Waals surface area contributed by atoms with Crippen molar-refractivity contribution in [3.05, 3.63) is 29.3 Å². The van der Waals surface area contributed by atoms with Crippen molar-refractivity contribution in [2.75, 3.05) is 32.8 Å². The molecule has 0 aromatic heterocycles. The predicted molar refractivity (Wildman–Crippen MR) is 83.7 cm³/mol. The molecule has 0 aliphatic heterocycles. The summed E-state index contributed by atoms with van der Waals surface area (Å²) in [5.41, 5.74) is 2.26. The standard InChI is InChI=1S/C15H25NO3S/c1-12(16-8-5-9-20(4)17)13-6-7-15(19-3)14(10-13)11-18-2/h6-7,10,12,16H,5,8-9,11H2,1-4H3. The summed E-state index contributed by atoms with van der Waals surface area (Å²) in [5.74, 6) is 1.60. The average Bonchev–Trinajstić information content (AvgIpc) is 2.43. The third-order valence-electron chi connectivity index (χ3n) is 3.16. The van der Waals surface area contributed by atoms with Crippen LogP contribution in [0.25, 0.3) is 0 Å². The van der Waals surface area contributed by atoms with Crippen molar-refractivity contribution < 1.29 is 13.7 Å². The fourth-order valence-electron chi connectivity index (χ4n) is 2.05. The van der Waals surface area contributed by atoms with Gasteiger partial charge in [-0.25, -0.2) is 0 Å². The lowest BCUT2D eigenvalue weighted by Crippen LogP contribution is -2.21. The molecular formula is C15H25NO3S. The van der Waals surface area contributed by atoms with E-state index in [9.17, 15) is 4.21 Å². The molecule has 2 unspecified atom stereocenters. The minimum absolute atomic E-state index is 0.252. The van der Waals surface area contributed by atoms with Crippen molar-refractivity contribution in [3.63, 3.8) is 0 Å². The van der Waals surface area contributed by atoms with Crippen LogP contribution in [0.1, 0.15) is 30.5 Å². The van der Waals surface area contributed by atoms with Gasteiger partial charge in [-0.05, 0) is 37.6 Å². The molecule has 0 aliphatic carbocycles. The summed E-state index contributed by atoms with van der Waals surface area (Å²) >= 11 is 0. The monoisotopic (exact) mass is 299 g/mol. The first-order valence-corrected chi connectivity index (χ1v) is 8.50. The molecule has 1 rings (SSSR count). The Morgan fingerprint density at radius 2 is 2.10 bits per heavy atom. The molecule has 0 spiro atoms. The van der Waals surface area contributed by atoms with Gasteiger partial charge >= 0.3 is 0 Å². The Kier molecular flexibility index (Phi) is 7.80. The highest BCUT2D eigenvalue weighted by Gasteiger charge is 2.09. The zero-order chi connectivity index (χ0) is 15.0. The van der Waals surface area contributed by atoms with Gasteiger partial charge in [0.2, 0.25) is 0 Å². The predicted octanol–water partition coefficient (Wildman–Crippen LogP) is 2.26. The Bertz CT molecular complexity index is 437. The molecule has 0 bridgehead atoms. The van der Waals surface area contributed by atoms with Crippen LogP contribution in [-0.2, 0) is 22.1 Å². The molecule has 20 heavy (non-hydrogen) atoms. The number of rotatable bonds is 9. The molecule has 114 valence electrons. The second-order valence-corrected chi connectivity index (χ2v) is 6.37. The van der Waals surface area contributed by atoms with Gasteiger partial charge in [0.25, 0.3) is 0 Å². The van der Waals surface area contributed by atoms with Gasteiger partial charge in [0.15, 0.2) is 0 Å². The van der Waals surface area contributed by atoms with E-state index >= 15 is 0 Å². The van der Waals surface area contributed by atoms with E-state index in [1.807, 2.05) is 6.07 Å². The van der Waals surface area contributed by atoms with Crippen LogP contribution in [0.15, 0.2) is 18.2 Å². The van der Waals surface area contributed by atoms with Gasteiger partial charge in [-0.1, -0.05) is 6.07 Å². The SMILES string of the molecule is COCc1cc(C(C)NCCCS(C)=O)ccc1OC. The van der Waals surface area contributed by atoms with E-state index in [1.54, 1.807) is 20.5 Å². The minimum Gasteiger partial charge on any atom is -0.496 e. The summed E-state index contributed by atoms with van der Waals surface area (Å²) in [6.45, 7) is 3.53. The van der Waals surface area contributed by atoms with Crippen LogP contribution in [0.5, 0.6) is 5.75 Å². The van der Waals surface area contributed by atoms with Crippen molar-refractivity contribution in [3.8, 4) is 5.75 Å². The van der Waals surface area contributed by atoms with Crippen molar-refractivity contribution in [1.29, 1.82) is 0 Å². The lowest BCUT2D eigenvalue weighted by atomic mass is 10.0. The van der Waals surface area contributed by atoms with Crippen LogP contribution in [0, 0.1) is 0 Å². The highest BCUT2D eigenvalue weighted by Crippen LogP contribution is 2.23. The van der Waals surface area contributed by atoms with Crippen molar-refractivity contribution >= 4 is 10.8 Å². The summed E-state index contributed by atoms with van der Waals surface area (Å²) in [6.07, 6.45) is 2.67. The van der Waals surface area contributed by atoms with E-state index in [0.717, 1.165) is 30.0 Å². The Labute approximate surface area is 124 Å². The first-order chi connectivity index (χ1) is 9.58. The van der Waals surface area contributed by atoms with Gasteiger partial charge in [-0.3, -0.25) is 4.21 Å². The number of ether oxygens (including phenoxy) is 2. The Hall–Kier alpha value is -0.910. The molecule has 5 heteroatoms. The molecule has 0 radical (unpaired) electrons. The van der Waals surface area contributed by atoms with E-state index in [4.69, 9.17) is 9.47 Å². The van der Waals surface area contributed by atoms with Crippen LogP contribution in [0.2, 0.25) is 0 Å². The molecule has 0 saturated carbocycles. The second-order valence-electron chi connectivity index (χ2n) is 4.81. The van der Waals surface area contributed by atoms with Crippen LogP contribution in [0.4, 0.5) is 0 Å². The largest absolute Gasteiger partial charge is 0.496 e. The van der Waals surface area contributed by atoms with E-state index < -0.39 is 10.8 Å². The summed E-state index contributed by atoms with van der Waals surface area (Å²) in [4.78, 5) is 0. The minimum atomic E-state index is -0.709. The molecule has 0 amide bonds. The van der Waals surface area contributed by atoms with E-state index in [0.29, 0.717) is 6.61 Å². The topological polar surface area (TPSA) is 47.6 Å². The number of hydrogen-bond acceptors (Lipinski definition) is 4. The Balaban J connectivity index is 2.60. The summed E-state index contributed by atoms with van der Waals surface area (Å²) in [6, 6.07) is 6.40. The number of nitrogens with one attached hydrogen (secondary N) is 1. The van der Waals surface area contributed by atoms with Gasteiger partial charge < -0.3 is 14.8 Å². The van der Waals surface area contributed by atoms with E-state index in [2.05, 4.69) is 24.4 Å². The van der Waals surface area contributed by atoms with Gasteiger partial charge in [-0.15, -0.1) is 0 Å². The first kappa shape index (κ1) is 17.1. The van der Waals surface area contributed by atoms with Crippen molar-refractivity contribution in [2.24, 2.45) is 0 Å². The van der Waals surface area contributed by atoms with Crippen LogP contribution in [0.3, 0.4) is 0 Å². The van der Waals surface area contributed by atoms with Crippen LogP contribution in [-0.4, -0.2) is 37.0 Å². The summed E-state index contributed by atoms with van der Waals surface area (Å²) < 4.78 is 21.5. The van der Waals surface area contributed by atoms with Crippen LogP contribution < -0.4 is 10.1 Å². The fourth-order valence-corrected chi connectivity index (χ4v) is 2.60. The molecule has 0 fully saturated rings. The molecule has 2 atom stereocenters. The maximum Gasteiger partial charge on any atom is 0.124 e. The normalized spacial score (nSPS) is 14.0.